The number of rotatable bonds is 18. The lowest BCUT2D eigenvalue weighted by molar-refractivity contribution is -0.196. The van der Waals surface area contributed by atoms with E-state index in [1.807, 2.05) is 0 Å². The number of hydrogen-bond acceptors (Lipinski definition) is 12. The van der Waals surface area contributed by atoms with E-state index in [0.29, 0.717) is 27.1 Å². The van der Waals surface area contributed by atoms with E-state index in [1.165, 1.54) is 0 Å². The molecule has 1 atom stereocenters. The molecule has 20 heteroatoms. The lowest BCUT2D eigenvalue weighted by atomic mass is 9.91. The molecule has 0 aliphatic heterocycles. The summed E-state index contributed by atoms with van der Waals surface area (Å²) >= 11 is 0. The zero-order chi connectivity index (χ0) is 37.4. The zero-order valence-corrected chi connectivity index (χ0v) is 26.7. The molecule has 0 bridgehead atoms. The number of halogens is 8. The Balaban J connectivity index is 0. The van der Waals surface area contributed by atoms with Gasteiger partial charge in [0.2, 0.25) is 0 Å². The van der Waals surface area contributed by atoms with Gasteiger partial charge in [-0.05, 0) is 26.7 Å². The molecule has 0 aliphatic rings. The number of carbonyl (C=O) groups excluding carboxylic acids is 6. The first kappa shape index (κ1) is 45.4. The standard InChI is InChI=1S/C14H20F4O6.C13H18F4O6/c1-5-12(2,3)9(19)23-6-7-24-11(21)14(17,18)8-13(15,16)10(20)22-4;1-4-8(2)9(18)22-5-6-23-11(20)13(16,17)7-12(14,15)10(19)21-3/h5-8H2,1-4H3;8H,4-7H2,1-3H3. The number of carbonyl (C=O) groups is 6. The van der Waals surface area contributed by atoms with E-state index in [0.717, 1.165) is 0 Å². The maximum Gasteiger partial charge on any atom is 0.377 e. The van der Waals surface area contributed by atoms with E-state index in [-0.39, 0.29) is 0 Å². The molecule has 0 radical (unpaired) electrons. The second-order valence-electron chi connectivity index (χ2n) is 10.3. The number of hydrogen-bond donors (Lipinski definition) is 0. The van der Waals surface area contributed by atoms with Crippen molar-refractivity contribution < 1.29 is 92.3 Å². The number of ether oxygens (including phenoxy) is 6. The third-order valence-corrected chi connectivity index (χ3v) is 6.02. The SMILES string of the molecule is CCC(C)(C)C(=O)OCCOC(=O)C(F)(F)CC(F)(F)C(=O)OC.CCC(C)C(=O)OCCOC(=O)C(F)(F)CC(F)(F)C(=O)OC. The van der Waals surface area contributed by atoms with Gasteiger partial charge in [0.1, 0.15) is 26.4 Å². The van der Waals surface area contributed by atoms with E-state index in [4.69, 9.17) is 4.74 Å². The smallest absolute Gasteiger partial charge is 0.377 e. The average molecular weight is 707 g/mol. The van der Waals surface area contributed by atoms with Crippen molar-refractivity contribution >= 4 is 35.8 Å². The van der Waals surface area contributed by atoms with E-state index in [9.17, 15) is 63.9 Å². The molecule has 12 nitrogen and oxygen atoms in total. The molecule has 1 unspecified atom stereocenters. The first-order chi connectivity index (χ1) is 21.3. The lowest BCUT2D eigenvalue weighted by Gasteiger charge is -2.21. The summed E-state index contributed by atoms with van der Waals surface area (Å²) in [6.07, 6.45) is -3.79. The number of esters is 6. The van der Waals surface area contributed by atoms with Gasteiger partial charge in [0, 0.05) is 0 Å². The van der Waals surface area contributed by atoms with Crippen molar-refractivity contribution in [2.45, 2.75) is 84.0 Å². The van der Waals surface area contributed by atoms with Crippen molar-refractivity contribution in [3.8, 4) is 0 Å². The Morgan fingerprint density at radius 3 is 1.13 bits per heavy atom. The third kappa shape index (κ3) is 16.1. The predicted molar refractivity (Wildman–Crippen MR) is 140 cm³/mol. The molecule has 0 N–H and O–H groups in total. The van der Waals surface area contributed by atoms with Crippen LogP contribution in [0.2, 0.25) is 0 Å². The van der Waals surface area contributed by atoms with Gasteiger partial charge in [0.05, 0.1) is 38.4 Å². The van der Waals surface area contributed by atoms with Crippen LogP contribution in [0.1, 0.15) is 60.3 Å². The molecule has 274 valence electrons. The normalized spacial score (nSPS) is 12.8. The van der Waals surface area contributed by atoms with Crippen molar-refractivity contribution in [3.63, 3.8) is 0 Å². The van der Waals surface area contributed by atoms with Gasteiger partial charge in [-0.3, -0.25) is 9.59 Å². The first-order valence-electron chi connectivity index (χ1n) is 13.6. The Bertz CT molecular complexity index is 1080. The van der Waals surface area contributed by atoms with E-state index in [2.05, 4.69) is 23.7 Å². The summed E-state index contributed by atoms with van der Waals surface area (Å²) in [5, 5.41) is 0. The Kier molecular flexibility index (Phi) is 18.5. The zero-order valence-electron chi connectivity index (χ0n) is 26.7. The fourth-order valence-corrected chi connectivity index (χ4v) is 2.55. The maximum absolute atomic E-state index is 13.4. The number of alkyl halides is 8. The fraction of sp³-hybridized carbons (Fsp3) is 0.778. The molecular formula is C27H38F8O12. The third-order valence-electron chi connectivity index (χ3n) is 6.02. The molecule has 0 aromatic carbocycles. The number of methoxy groups -OCH3 is 2. The highest BCUT2D eigenvalue weighted by atomic mass is 19.3. The minimum absolute atomic E-state index is 0.411. The van der Waals surface area contributed by atoms with E-state index < -0.39 is 110 Å². The summed E-state index contributed by atoms with van der Waals surface area (Å²) in [5.41, 5.74) is -0.795. The van der Waals surface area contributed by atoms with Gasteiger partial charge >= 0.3 is 59.5 Å². The van der Waals surface area contributed by atoms with Crippen LogP contribution in [0.5, 0.6) is 0 Å². The largest absolute Gasteiger partial charge is 0.465 e. The van der Waals surface area contributed by atoms with Crippen LogP contribution in [-0.2, 0) is 57.2 Å². The molecule has 0 amide bonds. The summed E-state index contributed by atoms with van der Waals surface area (Å²) in [4.78, 5) is 66.4. The molecular weight excluding hydrogens is 668 g/mol. The van der Waals surface area contributed by atoms with Crippen LogP contribution >= 0.6 is 0 Å². The predicted octanol–water partition coefficient (Wildman–Crippen LogP) is 4.30. The van der Waals surface area contributed by atoms with Crippen LogP contribution < -0.4 is 0 Å². The summed E-state index contributed by atoms with van der Waals surface area (Å²) < 4.78 is 131. The maximum atomic E-state index is 13.4. The molecule has 0 saturated carbocycles. The van der Waals surface area contributed by atoms with Crippen LogP contribution in [0.4, 0.5) is 35.1 Å². The Morgan fingerprint density at radius 2 is 0.830 bits per heavy atom. The quantitative estimate of drug-likeness (QED) is 0.0863. The Morgan fingerprint density at radius 1 is 0.532 bits per heavy atom. The topological polar surface area (TPSA) is 158 Å². The van der Waals surface area contributed by atoms with E-state index >= 15 is 0 Å². The monoisotopic (exact) mass is 706 g/mol. The van der Waals surface area contributed by atoms with Gasteiger partial charge in [-0.15, -0.1) is 0 Å². The summed E-state index contributed by atoms with van der Waals surface area (Å²) in [7, 11) is 1.19. The lowest BCUT2D eigenvalue weighted by Crippen LogP contribution is -2.42. The molecule has 0 aromatic rings. The summed E-state index contributed by atoms with van der Waals surface area (Å²) in [6, 6.07) is 0. The molecule has 0 fully saturated rings. The fourth-order valence-electron chi connectivity index (χ4n) is 2.55. The minimum Gasteiger partial charge on any atom is -0.465 e. The van der Waals surface area contributed by atoms with Crippen molar-refractivity contribution in [1.29, 1.82) is 0 Å². The second kappa shape index (κ2) is 19.2. The average Bonchev–Trinajstić information content (AvgIpc) is 2.98. The Hall–Kier alpha value is -3.74. The molecule has 0 spiro atoms. The molecule has 0 rings (SSSR count). The van der Waals surface area contributed by atoms with Gasteiger partial charge in [-0.1, -0.05) is 20.8 Å². The highest BCUT2D eigenvalue weighted by Crippen LogP contribution is 2.33. The second-order valence-corrected chi connectivity index (χ2v) is 10.3. The van der Waals surface area contributed by atoms with Gasteiger partial charge in [-0.25, -0.2) is 19.2 Å². The summed E-state index contributed by atoms with van der Waals surface area (Å²) in [5.74, 6) is -28.8. The van der Waals surface area contributed by atoms with E-state index in [1.54, 1.807) is 34.6 Å². The van der Waals surface area contributed by atoms with Gasteiger partial charge in [-0.2, -0.15) is 35.1 Å². The minimum atomic E-state index is -4.61. The molecule has 47 heavy (non-hydrogen) atoms. The Labute approximate surface area is 264 Å². The molecule has 0 saturated heterocycles. The van der Waals surface area contributed by atoms with Crippen LogP contribution in [0.15, 0.2) is 0 Å². The van der Waals surface area contributed by atoms with Gasteiger partial charge in [0.25, 0.3) is 0 Å². The highest BCUT2D eigenvalue weighted by molar-refractivity contribution is 5.82. The van der Waals surface area contributed by atoms with Crippen molar-refractivity contribution in [1.82, 2.24) is 0 Å². The molecule has 0 heterocycles. The van der Waals surface area contributed by atoms with Crippen LogP contribution in [0.25, 0.3) is 0 Å². The molecule has 0 aliphatic carbocycles. The van der Waals surface area contributed by atoms with Crippen molar-refractivity contribution in [2.75, 3.05) is 40.6 Å². The van der Waals surface area contributed by atoms with Crippen molar-refractivity contribution in [2.24, 2.45) is 11.3 Å². The highest BCUT2D eigenvalue weighted by Gasteiger charge is 2.55. The van der Waals surface area contributed by atoms with Crippen LogP contribution in [-0.4, -0.2) is 100 Å². The summed E-state index contributed by atoms with van der Waals surface area (Å²) in [6.45, 7) is 5.81. The van der Waals surface area contributed by atoms with Crippen LogP contribution in [0, 0.1) is 11.3 Å². The molecule has 0 aromatic heterocycles. The van der Waals surface area contributed by atoms with Crippen molar-refractivity contribution in [3.05, 3.63) is 0 Å². The van der Waals surface area contributed by atoms with Gasteiger partial charge < -0.3 is 28.4 Å². The van der Waals surface area contributed by atoms with Gasteiger partial charge in [0.15, 0.2) is 0 Å². The van der Waals surface area contributed by atoms with Crippen LogP contribution in [0.3, 0.4) is 0 Å². The first-order valence-corrected chi connectivity index (χ1v) is 13.6.